The molecule has 0 aliphatic heterocycles. The van der Waals surface area contributed by atoms with E-state index in [1.54, 1.807) is 17.8 Å². The van der Waals surface area contributed by atoms with Crippen molar-refractivity contribution in [3.8, 4) is 5.75 Å². The molecule has 0 fully saturated rings. The highest BCUT2D eigenvalue weighted by atomic mass is 32.2. The highest BCUT2D eigenvalue weighted by molar-refractivity contribution is 7.99. The standard InChI is InChI=1S/C16H17FOS/c1-12-11-15(8-9-16(12)18)19-10-2-3-13-4-6-14(17)7-5-13/h4-9,11,18H,2-3,10H2,1H3. The fourth-order valence-corrected chi connectivity index (χ4v) is 2.78. The van der Waals surface area contributed by atoms with E-state index in [-0.39, 0.29) is 5.82 Å². The van der Waals surface area contributed by atoms with Crippen LogP contribution in [0.1, 0.15) is 17.5 Å². The van der Waals surface area contributed by atoms with Gasteiger partial charge in [0, 0.05) is 4.90 Å². The van der Waals surface area contributed by atoms with Crippen LogP contribution in [0.4, 0.5) is 4.39 Å². The number of aromatic hydroxyl groups is 1. The molecule has 0 aliphatic rings. The second kappa shape index (κ2) is 6.62. The molecule has 0 amide bonds. The topological polar surface area (TPSA) is 20.2 Å². The van der Waals surface area contributed by atoms with Gasteiger partial charge in [-0.1, -0.05) is 12.1 Å². The fraction of sp³-hybridized carbons (Fsp3) is 0.250. The van der Waals surface area contributed by atoms with Gasteiger partial charge in [0.05, 0.1) is 0 Å². The summed E-state index contributed by atoms with van der Waals surface area (Å²) < 4.78 is 12.7. The summed E-state index contributed by atoms with van der Waals surface area (Å²) in [5.74, 6) is 1.18. The van der Waals surface area contributed by atoms with Gasteiger partial charge in [0.15, 0.2) is 0 Å². The van der Waals surface area contributed by atoms with E-state index in [1.807, 2.05) is 31.2 Å². The van der Waals surface area contributed by atoms with E-state index < -0.39 is 0 Å². The minimum Gasteiger partial charge on any atom is -0.508 e. The lowest BCUT2D eigenvalue weighted by atomic mass is 10.1. The van der Waals surface area contributed by atoms with Gasteiger partial charge in [-0.05, 0) is 67.0 Å². The molecule has 2 aromatic carbocycles. The number of halogens is 1. The summed E-state index contributed by atoms with van der Waals surface area (Å²) in [6, 6.07) is 12.4. The molecule has 0 aliphatic carbocycles. The van der Waals surface area contributed by atoms with Gasteiger partial charge in [-0.2, -0.15) is 0 Å². The van der Waals surface area contributed by atoms with E-state index in [0.717, 1.165) is 24.2 Å². The molecule has 0 heterocycles. The molecule has 19 heavy (non-hydrogen) atoms. The number of phenolic OH excluding ortho intramolecular Hbond substituents is 1. The van der Waals surface area contributed by atoms with Crippen molar-refractivity contribution in [3.05, 3.63) is 59.4 Å². The number of thioether (sulfide) groups is 1. The highest BCUT2D eigenvalue weighted by Gasteiger charge is 2.00. The van der Waals surface area contributed by atoms with Crippen molar-refractivity contribution in [2.45, 2.75) is 24.7 Å². The maximum Gasteiger partial charge on any atom is 0.123 e. The molecule has 100 valence electrons. The Hall–Kier alpha value is -1.48. The first-order valence-electron chi connectivity index (χ1n) is 6.32. The predicted molar refractivity (Wildman–Crippen MR) is 78.3 cm³/mol. The number of rotatable bonds is 5. The van der Waals surface area contributed by atoms with Crippen molar-refractivity contribution in [1.82, 2.24) is 0 Å². The number of phenols is 1. The number of benzene rings is 2. The van der Waals surface area contributed by atoms with Crippen molar-refractivity contribution < 1.29 is 9.50 Å². The van der Waals surface area contributed by atoms with Crippen molar-refractivity contribution in [3.63, 3.8) is 0 Å². The summed E-state index contributed by atoms with van der Waals surface area (Å²) in [5.41, 5.74) is 2.08. The molecule has 0 aromatic heterocycles. The van der Waals surface area contributed by atoms with Crippen LogP contribution in [0.2, 0.25) is 0 Å². The van der Waals surface area contributed by atoms with Crippen molar-refractivity contribution in [2.24, 2.45) is 0 Å². The van der Waals surface area contributed by atoms with Gasteiger partial charge in [-0.25, -0.2) is 4.39 Å². The summed E-state index contributed by atoms with van der Waals surface area (Å²) >= 11 is 1.78. The third-order valence-electron chi connectivity index (χ3n) is 2.96. The fourth-order valence-electron chi connectivity index (χ4n) is 1.84. The zero-order valence-corrected chi connectivity index (χ0v) is 11.7. The Balaban J connectivity index is 1.77. The van der Waals surface area contributed by atoms with Crippen LogP contribution in [-0.2, 0) is 6.42 Å². The SMILES string of the molecule is Cc1cc(SCCCc2ccc(F)cc2)ccc1O. The van der Waals surface area contributed by atoms with Crippen LogP contribution in [0.3, 0.4) is 0 Å². The summed E-state index contributed by atoms with van der Waals surface area (Å²) in [5, 5.41) is 9.45. The van der Waals surface area contributed by atoms with Crippen LogP contribution in [0, 0.1) is 12.7 Å². The lowest BCUT2D eigenvalue weighted by Crippen LogP contribution is -1.88. The molecule has 3 heteroatoms. The third kappa shape index (κ3) is 4.28. The second-order valence-corrected chi connectivity index (χ2v) is 5.70. The van der Waals surface area contributed by atoms with Gasteiger partial charge >= 0.3 is 0 Å². The van der Waals surface area contributed by atoms with E-state index in [4.69, 9.17) is 0 Å². The van der Waals surface area contributed by atoms with Gasteiger partial charge in [0.2, 0.25) is 0 Å². The van der Waals surface area contributed by atoms with Crippen LogP contribution in [0.25, 0.3) is 0 Å². The van der Waals surface area contributed by atoms with Crippen LogP contribution in [-0.4, -0.2) is 10.9 Å². The summed E-state index contributed by atoms with van der Waals surface area (Å²) in [4.78, 5) is 1.18. The van der Waals surface area contributed by atoms with Crippen molar-refractivity contribution in [1.29, 1.82) is 0 Å². The first-order chi connectivity index (χ1) is 9.15. The average molecular weight is 276 g/mol. The summed E-state index contributed by atoms with van der Waals surface area (Å²) in [6.07, 6.45) is 2.01. The lowest BCUT2D eigenvalue weighted by molar-refractivity contribution is 0.470. The Kier molecular flexibility index (Phi) is 4.86. The molecule has 1 N–H and O–H groups in total. The average Bonchev–Trinajstić information content (AvgIpc) is 2.41. The van der Waals surface area contributed by atoms with Crippen LogP contribution >= 0.6 is 11.8 Å². The quantitative estimate of drug-likeness (QED) is 0.638. The molecule has 0 spiro atoms. The summed E-state index contributed by atoms with van der Waals surface area (Å²) in [6.45, 7) is 1.90. The van der Waals surface area contributed by atoms with Crippen molar-refractivity contribution >= 4 is 11.8 Å². The van der Waals surface area contributed by atoms with E-state index >= 15 is 0 Å². The third-order valence-corrected chi connectivity index (χ3v) is 4.04. The Morgan fingerprint density at radius 3 is 2.53 bits per heavy atom. The summed E-state index contributed by atoms with van der Waals surface area (Å²) in [7, 11) is 0. The number of hydrogen-bond acceptors (Lipinski definition) is 2. The lowest BCUT2D eigenvalue weighted by Gasteiger charge is -2.05. The zero-order chi connectivity index (χ0) is 13.7. The second-order valence-electron chi connectivity index (χ2n) is 4.53. The van der Waals surface area contributed by atoms with Gasteiger partial charge in [-0.15, -0.1) is 11.8 Å². The molecule has 2 rings (SSSR count). The molecule has 0 saturated heterocycles. The number of aryl methyl sites for hydroxylation is 2. The molecule has 0 atom stereocenters. The normalized spacial score (nSPS) is 10.6. The molecular weight excluding hydrogens is 259 g/mol. The number of hydrogen-bond donors (Lipinski definition) is 1. The molecule has 1 nitrogen and oxygen atoms in total. The minimum atomic E-state index is -0.183. The molecule has 0 bridgehead atoms. The van der Waals surface area contributed by atoms with Crippen LogP contribution in [0.15, 0.2) is 47.4 Å². The van der Waals surface area contributed by atoms with Gasteiger partial charge in [0.25, 0.3) is 0 Å². The Morgan fingerprint density at radius 2 is 1.84 bits per heavy atom. The minimum absolute atomic E-state index is 0.183. The zero-order valence-electron chi connectivity index (χ0n) is 10.9. The Bertz CT molecular complexity index is 537. The van der Waals surface area contributed by atoms with Gasteiger partial charge in [-0.3, -0.25) is 0 Å². The van der Waals surface area contributed by atoms with E-state index in [9.17, 15) is 9.50 Å². The van der Waals surface area contributed by atoms with Gasteiger partial charge in [0.1, 0.15) is 11.6 Å². The van der Waals surface area contributed by atoms with Crippen LogP contribution in [0.5, 0.6) is 5.75 Å². The van der Waals surface area contributed by atoms with E-state index in [1.165, 1.54) is 22.6 Å². The van der Waals surface area contributed by atoms with Crippen LogP contribution < -0.4 is 0 Å². The molecule has 0 radical (unpaired) electrons. The molecule has 2 aromatic rings. The molecule has 0 unspecified atom stereocenters. The first-order valence-corrected chi connectivity index (χ1v) is 7.30. The van der Waals surface area contributed by atoms with E-state index in [2.05, 4.69) is 0 Å². The maximum absolute atomic E-state index is 12.7. The predicted octanol–water partition coefficient (Wildman–Crippen LogP) is 4.56. The Morgan fingerprint density at radius 1 is 1.11 bits per heavy atom. The largest absolute Gasteiger partial charge is 0.508 e. The smallest absolute Gasteiger partial charge is 0.123 e. The van der Waals surface area contributed by atoms with Crippen molar-refractivity contribution in [2.75, 3.05) is 5.75 Å². The Labute approximate surface area is 117 Å². The molecular formula is C16H17FOS. The highest BCUT2D eigenvalue weighted by Crippen LogP contribution is 2.25. The molecule has 0 saturated carbocycles. The van der Waals surface area contributed by atoms with Gasteiger partial charge < -0.3 is 5.11 Å². The maximum atomic E-state index is 12.7. The van der Waals surface area contributed by atoms with E-state index in [0.29, 0.717) is 5.75 Å². The first kappa shape index (κ1) is 13.9. The monoisotopic (exact) mass is 276 g/mol.